The number of anilines is 1. The van der Waals surface area contributed by atoms with Crippen LogP contribution in [0.15, 0.2) is 24.7 Å². The maximum atomic E-state index is 14.4. The molecule has 2 amide bonds. The molecule has 1 saturated carbocycles. The highest BCUT2D eigenvalue weighted by Crippen LogP contribution is 2.28. The van der Waals surface area contributed by atoms with Crippen LogP contribution in [0.2, 0.25) is 0 Å². The molecule has 0 saturated heterocycles. The average molecular weight is 546 g/mol. The number of halogens is 2. The number of carbonyl (C=O) groups is 2. The molecule has 2 aliphatic carbocycles. The summed E-state index contributed by atoms with van der Waals surface area (Å²) >= 11 is 0. The van der Waals surface area contributed by atoms with E-state index < -0.39 is 28.8 Å². The fraction of sp³-hybridized carbons (Fsp3) is 0.621. The fourth-order valence-electron chi connectivity index (χ4n) is 5.66. The van der Waals surface area contributed by atoms with E-state index in [0.29, 0.717) is 55.5 Å². The minimum absolute atomic E-state index is 0.112. The van der Waals surface area contributed by atoms with Crippen molar-refractivity contribution in [2.45, 2.75) is 108 Å². The van der Waals surface area contributed by atoms with Gasteiger partial charge >= 0.3 is 0 Å². The molecule has 0 radical (unpaired) electrons. The van der Waals surface area contributed by atoms with E-state index in [4.69, 9.17) is 0 Å². The number of nitrogens with one attached hydrogen (secondary N) is 3. The van der Waals surface area contributed by atoms with Crippen molar-refractivity contribution in [2.24, 2.45) is 0 Å². The lowest BCUT2D eigenvalue weighted by atomic mass is 9.84. The molecule has 0 aliphatic heterocycles. The molecule has 39 heavy (non-hydrogen) atoms. The number of aryl methyl sites for hydroxylation is 1. The molecule has 0 spiro atoms. The van der Waals surface area contributed by atoms with E-state index in [-0.39, 0.29) is 24.4 Å². The molecule has 1 aromatic heterocycles. The normalized spacial score (nSPS) is 19.7. The number of hydrogen-bond acceptors (Lipinski definition) is 5. The number of benzene rings is 1. The molecule has 1 fully saturated rings. The van der Waals surface area contributed by atoms with Crippen LogP contribution in [0.25, 0.3) is 0 Å². The Morgan fingerprint density at radius 1 is 1.23 bits per heavy atom. The summed E-state index contributed by atoms with van der Waals surface area (Å²) in [5, 5.41) is 19.8. The van der Waals surface area contributed by atoms with Gasteiger partial charge in [-0.1, -0.05) is 32.6 Å². The predicted molar refractivity (Wildman–Crippen MR) is 145 cm³/mol. The van der Waals surface area contributed by atoms with Gasteiger partial charge in [0, 0.05) is 24.8 Å². The van der Waals surface area contributed by atoms with E-state index >= 15 is 0 Å². The molecular formula is C29H41F2N5O3. The number of fused-ring (bicyclic) bond motifs is 1. The third-order valence-electron chi connectivity index (χ3n) is 8.19. The lowest BCUT2D eigenvalue weighted by Crippen LogP contribution is -2.50. The standard InChI is InChI=1S/C29H41F2N5O3/c1-4-8-24(34-21-10-9-19-13-20(30)14-23(31)22(19)15-21)26(37)35-25-16-36(18-33-25)28(2,3)27(38)32-17-29(39)11-6-5-7-12-29/h13-14,16,18,21,24,34,39H,4-12,15,17H2,1-3H3,(H,32,38)(H,35,37)/t21?,24-/m0/s1. The summed E-state index contributed by atoms with van der Waals surface area (Å²) in [6, 6.07) is 1.68. The summed E-state index contributed by atoms with van der Waals surface area (Å²) in [5.41, 5.74) is -0.652. The van der Waals surface area contributed by atoms with Gasteiger partial charge in [0.15, 0.2) is 5.82 Å². The van der Waals surface area contributed by atoms with Crippen LogP contribution < -0.4 is 16.0 Å². The summed E-state index contributed by atoms with van der Waals surface area (Å²) in [4.78, 5) is 30.5. The van der Waals surface area contributed by atoms with Crippen LogP contribution in [0.3, 0.4) is 0 Å². The SMILES string of the molecule is CCC[C@H](NC1CCc2cc(F)cc(F)c2C1)C(=O)Nc1cn(C(C)(C)C(=O)NCC2(O)CCCCC2)cn1. The van der Waals surface area contributed by atoms with Gasteiger partial charge in [-0.3, -0.25) is 9.59 Å². The van der Waals surface area contributed by atoms with Crippen molar-refractivity contribution < 1.29 is 23.5 Å². The summed E-state index contributed by atoms with van der Waals surface area (Å²) in [6.07, 6.45) is 10.5. The molecule has 1 unspecified atom stereocenters. The molecule has 2 aromatic rings. The van der Waals surface area contributed by atoms with Gasteiger partial charge < -0.3 is 25.6 Å². The number of rotatable bonds is 10. The molecule has 10 heteroatoms. The van der Waals surface area contributed by atoms with Gasteiger partial charge in [0.2, 0.25) is 11.8 Å². The minimum atomic E-state index is -0.985. The predicted octanol–water partition coefficient (Wildman–Crippen LogP) is 3.96. The molecule has 0 bridgehead atoms. The van der Waals surface area contributed by atoms with Crippen LogP contribution in [-0.4, -0.2) is 50.7 Å². The van der Waals surface area contributed by atoms with E-state index in [2.05, 4.69) is 20.9 Å². The first-order valence-electron chi connectivity index (χ1n) is 14.1. The third-order valence-corrected chi connectivity index (χ3v) is 8.19. The number of aliphatic hydroxyl groups is 1. The minimum Gasteiger partial charge on any atom is -0.388 e. The zero-order valence-corrected chi connectivity index (χ0v) is 23.2. The summed E-state index contributed by atoms with van der Waals surface area (Å²) < 4.78 is 29.6. The van der Waals surface area contributed by atoms with Gasteiger partial charge in [0.25, 0.3) is 0 Å². The summed E-state index contributed by atoms with van der Waals surface area (Å²) in [7, 11) is 0. The number of aromatic nitrogens is 2. The lowest BCUT2D eigenvalue weighted by molar-refractivity contribution is -0.130. The van der Waals surface area contributed by atoms with Crippen LogP contribution in [0.1, 0.15) is 83.3 Å². The van der Waals surface area contributed by atoms with Crippen molar-refractivity contribution in [3.8, 4) is 0 Å². The third kappa shape index (κ3) is 7.03. The second-order valence-electron chi connectivity index (χ2n) is 11.7. The first kappa shape index (κ1) is 29.1. The molecular weight excluding hydrogens is 504 g/mol. The van der Waals surface area contributed by atoms with Gasteiger partial charge in [-0.05, 0) is 69.6 Å². The number of nitrogens with zero attached hydrogens (tertiary/aromatic N) is 2. The van der Waals surface area contributed by atoms with Crippen LogP contribution in [-0.2, 0) is 28.0 Å². The van der Waals surface area contributed by atoms with Gasteiger partial charge in [0.1, 0.15) is 17.2 Å². The van der Waals surface area contributed by atoms with Gasteiger partial charge in [0.05, 0.1) is 18.0 Å². The van der Waals surface area contributed by atoms with E-state index in [1.54, 1.807) is 24.6 Å². The second-order valence-corrected chi connectivity index (χ2v) is 11.7. The quantitative estimate of drug-likeness (QED) is 0.362. The smallest absolute Gasteiger partial charge is 0.245 e. The Bertz CT molecular complexity index is 1180. The monoisotopic (exact) mass is 545 g/mol. The molecule has 4 N–H and O–H groups in total. The van der Waals surface area contributed by atoms with Gasteiger partial charge in [-0.15, -0.1) is 0 Å². The molecule has 1 aromatic carbocycles. The van der Waals surface area contributed by atoms with Crippen LogP contribution in [0.4, 0.5) is 14.6 Å². The van der Waals surface area contributed by atoms with Crippen molar-refractivity contribution >= 4 is 17.6 Å². The molecule has 2 aliphatic rings. The number of amides is 2. The Morgan fingerprint density at radius 2 is 1.97 bits per heavy atom. The highest BCUT2D eigenvalue weighted by atomic mass is 19.1. The van der Waals surface area contributed by atoms with Gasteiger partial charge in [-0.25, -0.2) is 13.8 Å². The molecule has 1 heterocycles. The van der Waals surface area contributed by atoms with Crippen molar-refractivity contribution in [3.63, 3.8) is 0 Å². The first-order valence-corrected chi connectivity index (χ1v) is 14.1. The molecule has 4 rings (SSSR count). The maximum Gasteiger partial charge on any atom is 0.245 e. The van der Waals surface area contributed by atoms with Crippen LogP contribution in [0, 0.1) is 11.6 Å². The molecule has 8 nitrogen and oxygen atoms in total. The first-order chi connectivity index (χ1) is 18.5. The lowest BCUT2D eigenvalue weighted by Gasteiger charge is -2.34. The number of carbonyl (C=O) groups excluding carboxylic acids is 2. The molecule has 214 valence electrons. The molecule has 2 atom stereocenters. The Kier molecular flexibility index (Phi) is 9.06. The zero-order valence-electron chi connectivity index (χ0n) is 23.2. The van der Waals surface area contributed by atoms with Crippen LogP contribution in [0.5, 0.6) is 0 Å². The summed E-state index contributed by atoms with van der Waals surface area (Å²) in [5.74, 6) is -1.29. The Morgan fingerprint density at radius 3 is 2.69 bits per heavy atom. The van der Waals surface area contributed by atoms with E-state index in [1.807, 2.05) is 6.92 Å². The van der Waals surface area contributed by atoms with Gasteiger partial charge in [-0.2, -0.15) is 0 Å². The van der Waals surface area contributed by atoms with Crippen molar-refractivity contribution in [1.29, 1.82) is 0 Å². The number of imidazole rings is 1. The van der Waals surface area contributed by atoms with Crippen molar-refractivity contribution in [1.82, 2.24) is 20.2 Å². The fourth-order valence-corrected chi connectivity index (χ4v) is 5.66. The topological polar surface area (TPSA) is 108 Å². The summed E-state index contributed by atoms with van der Waals surface area (Å²) in [6.45, 7) is 5.71. The highest BCUT2D eigenvalue weighted by molar-refractivity contribution is 5.94. The van der Waals surface area contributed by atoms with E-state index in [1.165, 1.54) is 12.4 Å². The highest BCUT2D eigenvalue weighted by Gasteiger charge is 2.34. The maximum absolute atomic E-state index is 14.4. The van der Waals surface area contributed by atoms with E-state index in [9.17, 15) is 23.5 Å². The largest absolute Gasteiger partial charge is 0.388 e. The van der Waals surface area contributed by atoms with Crippen LogP contribution >= 0.6 is 0 Å². The number of hydrogen-bond donors (Lipinski definition) is 4. The van der Waals surface area contributed by atoms with Crippen molar-refractivity contribution in [3.05, 3.63) is 47.4 Å². The average Bonchev–Trinajstić information content (AvgIpc) is 3.37. The Balaban J connectivity index is 1.36. The van der Waals surface area contributed by atoms with E-state index in [0.717, 1.165) is 31.7 Å². The Labute approximate surface area is 229 Å². The van der Waals surface area contributed by atoms with Crippen molar-refractivity contribution in [2.75, 3.05) is 11.9 Å². The Hall–Kier alpha value is -2.85. The zero-order chi connectivity index (χ0) is 28.2. The second kappa shape index (κ2) is 12.1.